The van der Waals surface area contributed by atoms with E-state index in [-0.39, 0.29) is 34.5 Å². The Hall–Kier alpha value is -2.42. The molecule has 0 bridgehead atoms. The fourth-order valence-electron chi connectivity index (χ4n) is 3.83. The largest absolute Gasteiger partial charge is 0.476 e. The first kappa shape index (κ1) is 24.2. The number of carboxylic acid groups (broad SMARTS) is 1. The third kappa shape index (κ3) is 5.14. The zero-order valence-corrected chi connectivity index (χ0v) is 20.0. The molecule has 0 aliphatic carbocycles. The van der Waals surface area contributed by atoms with E-state index in [0.717, 1.165) is 25.9 Å². The Bertz CT molecular complexity index is 1020. The lowest BCUT2D eigenvalue weighted by Gasteiger charge is -2.35. The second kappa shape index (κ2) is 10.0. The average Bonchev–Trinajstić information content (AvgIpc) is 2.75. The first-order chi connectivity index (χ1) is 15.1. The summed E-state index contributed by atoms with van der Waals surface area (Å²) in [5.74, 6) is -1.14. The van der Waals surface area contributed by atoms with Gasteiger partial charge in [-0.05, 0) is 52.4 Å². The number of aryl methyl sites for hydroxylation is 1. The van der Waals surface area contributed by atoms with Gasteiger partial charge in [-0.2, -0.15) is 0 Å². The Labute approximate surface area is 197 Å². The Morgan fingerprint density at radius 2 is 1.91 bits per heavy atom. The molecule has 1 aliphatic heterocycles. The fraction of sp³-hybridized carbons (Fsp3) is 0.455. The molecule has 1 fully saturated rings. The van der Waals surface area contributed by atoms with Crippen LogP contribution >= 0.6 is 23.2 Å². The highest BCUT2D eigenvalue weighted by molar-refractivity contribution is 6.44. The molecule has 1 aliphatic rings. The van der Waals surface area contributed by atoms with Crippen molar-refractivity contribution in [2.45, 2.75) is 38.8 Å². The van der Waals surface area contributed by atoms with Crippen LogP contribution < -0.4 is 5.32 Å². The van der Waals surface area contributed by atoms with Crippen molar-refractivity contribution >= 4 is 35.2 Å². The van der Waals surface area contributed by atoms with Gasteiger partial charge in [-0.1, -0.05) is 35.3 Å². The minimum atomic E-state index is -1.14. The van der Waals surface area contributed by atoms with E-state index in [2.05, 4.69) is 27.2 Å². The van der Waals surface area contributed by atoms with Crippen molar-refractivity contribution in [1.82, 2.24) is 25.1 Å². The monoisotopic (exact) mass is 479 g/mol. The number of amides is 2. The van der Waals surface area contributed by atoms with E-state index in [1.807, 2.05) is 14.0 Å². The van der Waals surface area contributed by atoms with Crippen molar-refractivity contribution in [1.29, 1.82) is 0 Å². The lowest BCUT2D eigenvalue weighted by atomic mass is 10.0. The van der Waals surface area contributed by atoms with E-state index in [0.29, 0.717) is 21.8 Å². The van der Waals surface area contributed by atoms with E-state index >= 15 is 0 Å². The molecule has 0 radical (unpaired) electrons. The first-order valence-corrected chi connectivity index (χ1v) is 11.1. The highest BCUT2D eigenvalue weighted by Crippen LogP contribution is 2.37. The second-order valence-corrected chi connectivity index (χ2v) is 8.90. The summed E-state index contributed by atoms with van der Waals surface area (Å²) >= 11 is 13.1. The molecule has 2 heterocycles. The standard InChI is InChI=1S/C22H27Cl2N5O3/c1-12(27-22(32)29(4)14-7-9-28(3)10-8-14)15-5-6-16(19(24)18(15)23)17-11-25-20(21(30)31)13(2)26-17/h5-6,11-12,14H,7-10H2,1-4H3,(H,27,32)(H,30,31). The molecule has 8 nitrogen and oxygen atoms in total. The Morgan fingerprint density at radius 3 is 2.50 bits per heavy atom. The highest BCUT2D eigenvalue weighted by Gasteiger charge is 2.26. The van der Waals surface area contributed by atoms with Crippen LogP contribution in [0.3, 0.4) is 0 Å². The number of aromatic nitrogens is 2. The number of hydrogen-bond acceptors (Lipinski definition) is 5. The van der Waals surface area contributed by atoms with Gasteiger partial charge in [0.05, 0.1) is 33.7 Å². The topological polar surface area (TPSA) is 98.7 Å². The molecule has 1 aromatic heterocycles. The fourth-order valence-corrected chi connectivity index (χ4v) is 4.43. The molecule has 1 unspecified atom stereocenters. The van der Waals surface area contributed by atoms with E-state index in [4.69, 9.17) is 28.3 Å². The average molecular weight is 480 g/mol. The minimum Gasteiger partial charge on any atom is -0.476 e. The van der Waals surface area contributed by atoms with Gasteiger partial charge in [0.1, 0.15) is 0 Å². The van der Waals surface area contributed by atoms with Crippen molar-refractivity contribution in [3.8, 4) is 11.3 Å². The van der Waals surface area contributed by atoms with Gasteiger partial charge < -0.3 is 20.2 Å². The number of carbonyl (C=O) groups excluding carboxylic acids is 1. The number of piperidine rings is 1. The van der Waals surface area contributed by atoms with Gasteiger partial charge in [-0.15, -0.1) is 0 Å². The molecule has 0 spiro atoms. The van der Waals surface area contributed by atoms with Gasteiger partial charge in [0, 0.05) is 18.7 Å². The van der Waals surface area contributed by atoms with Crippen LogP contribution in [-0.4, -0.2) is 70.1 Å². The van der Waals surface area contributed by atoms with E-state index in [1.165, 1.54) is 6.20 Å². The van der Waals surface area contributed by atoms with E-state index in [1.54, 1.807) is 24.0 Å². The molecule has 3 rings (SSSR count). The molecular formula is C22H27Cl2N5O3. The summed E-state index contributed by atoms with van der Waals surface area (Å²) in [5.41, 5.74) is 1.80. The SMILES string of the molecule is Cc1nc(-c2ccc(C(C)NC(=O)N(C)C3CCN(C)CC3)c(Cl)c2Cl)cnc1C(=O)O. The molecule has 2 aromatic rings. The maximum absolute atomic E-state index is 12.8. The zero-order valence-electron chi connectivity index (χ0n) is 18.5. The summed E-state index contributed by atoms with van der Waals surface area (Å²) in [7, 11) is 3.90. The number of nitrogens with one attached hydrogen (secondary N) is 1. The van der Waals surface area contributed by atoms with Crippen molar-refractivity contribution in [3.05, 3.63) is 45.3 Å². The smallest absolute Gasteiger partial charge is 0.356 e. The maximum atomic E-state index is 12.8. The van der Waals surface area contributed by atoms with Gasteiger partial charge in [-0.3, -0.25) is 0 Å². The summed E-state index contributed by atoms with van der Waals surface area (Å²) in [6, 6.07) is 3.21. The van der Waals surface area contributed by atoms with Crippen molar-refractivity contribution in [2.24, 2.45) is 0 Å². The number of nitrogens with zero attached hydrogens (tertiary/aromatic N) is 4. The van der Waals surface area contributed by atoms with Crippen molar-refractivity contribution in [2.75, 3.05) is 27.2 Å². The number of halogens is 2. The molecule has 0 saturated carbocycles. The van der Waals surface area contributed by atoms with Crippen LogP contribution in [-0.2, 0) is 0 Å². The molecule has 2 amide bonds. The highest BCUT2D eigenvalue weighted by atomic mass is 35.5. The summed E-state index contributed by atoms with van der Waals surface area (Å²) in [4.78, 5) is 36.2. The van der Waals surface area contributed by atoms with Crippen LogP contribution in [0, 0.1) is 6.92 Å². The van der Waals surface area contributed by atoms with E-state index in [9.17, 15) is 9.59 Å². The van der Waals surface area contributed by atoms with Crippen LogP contribution in [0.2, 0.25) is 10.0 Å². The maximum Gasteiger partial charge on any atom is 0.356 e. The Balaban J connectivity index is 1.76. The normalized spacial score (nSPS) is 15.9. The quantitative estimate of drug-likeness (QED) is 0.664. The summed E-state index contributed by atoms with van der Waals surface area (Å²) < 4.78 is 0. The third-order valence-electron chi connectivity index (χ3n) is 5.90. The molecular weight excluding hydrogens is 453 g/mol. The van der Waals surface area contributed by atoms with Gasteiger partial charge in [0.25, 0.3) is 0 Å². The number of urea groups is 1. The first-order valence-electron chi connectivity index (χ1n) is 10.4. The number of hydrogen-bond donors (Lipinski definition) is 2. The molecule has 1 aromatic carbocycles. The van der Waals surface area contributed by atoms with Crippen LogP contribution in [0.15, 0.2) is 18.3 Å². The Kier molecular flexibility index (Phi) is 7.59. The molecule has 32 heavy (non-hydrogen) atoms. The number of carboxylic acids is 1. The molecule has 172 valence electrons. The Morgan fingerprint density at radius 1 is 1.25 bits per heavy atom. The number of aromatic carboxylic acids is 1. The lowest BCUT2D eigenvalue weighted by Crippen LogP contribution is -2.48. The van der Waals surface area contributed by atoms with Gasteiger partial charge in [0.15, 0.2) is 5.69 Å². The van der Waals surface area contributed by atoms with Gasteiger partial charge in [-0.25, -0.2) is 19.6 Å². The number of rotatable bonds is 5. The molecule has 10 heteroatoms. The predicted molar refractivity (Wildman–Crippen MR) is 124 cm³/mol. The van der Waals surface area contributed by atoms with Gasteiger partial charge in [0.2, 0.25) is 0 Å². The third-order valence-corrected chi connectivity index (χ3v) is 6.80. The molecule has 1 saturated heterocycles. The van der Waals surface area contributed by atoms with E-state index < -0.39 is 5.97 Å². The second-order valence-electron chi connectivity index (χ2n) is 8.14. The van der Waals surface area contributed by atoms with Crippen molar-refractivity contribution < 1.29 is 14.7 Å². The predicted octanol–water partition coefficient (Wildman–Crippen LogP) is 4.25. The zero-order chi connectivity index (χ0) is 23.6. The van der Waals surface area contributed by atoms with Crippen LogP contribution in [0.25, 0.3) is 11.3 Å². The van der Waals surface area contributed by atoms with Gasteiger partial charge >= 0.3 is 12.0 Å². The summed E-state index contributed by atoms with van der Waals surface area (Å²) in [6.45, 7) is 5.36. The lowest BCUT2D eigenvalue weighted by molar-refractivity contribution is 0.0689. The number of benzene rings is 1. The van der Waals surface area contributed by atoms with Crippen molar-refractivity contribution in [3.63, 3.8) is 0 Å². The molecule has 1 atom stereocenters. The number of likely N-dealkylation sites (tertiary alicyclic amines) is 1. The van der Waals surface area contributed by atoms with Crippen LogP contribution in [0.5, 0.6) is 0 Å². The minimum absolute atomic E-state index is 0.113. The van der Waals surface area contributed by atoms with Crippen LogP contribution in [0.4, 0.5) is 4.79 Å². The number of carbonyl (C=O) groups is 2. The molecule has 2 N–H and O–H groups in total. The summed E-state index contributed by atoms with van der Waals surface area (Å²) in [5, 5.41) is 12.7. The summed E-state index contributed by atoms with van der Waals surface area (Å²) in [6.07, 6.45) is 3.24. The van der Waals surface area contributed by atoms with Crippen LogP contribution in [0.1, 0.15) is 47.6 Å².